The summed E-state index contributed by atoms with van der Waals surface area (Å²) in [5, 5.41) is 43.0. The van der Waals surface area contributed by atoms with Gasteiger partial charge < -0.3 is 34.6 Å². The number of fused-ring (bicyclic) bond motifs is 5. The van der Waals surface area contributed by atoms with Gasteiger partial charge in [0, 0.05) is 11.5 Å². The van der Waals surface area contributed by atoms with Crippen LogP contribution in [0.3, 0.4) is 0 Å². The lowest BCUT2D eigenvalue weighted by Crippen LogP contribution is -2.62. The highest BCUT2D eigenvalue weighted by Gasteiger charge is 2.67. The van der Waals surface area contributed by atoms with E-state index in [9.17, 15) is 25.2 Å². The summed E-state index contributed by atoms with van der Waals surface area (Å²) in [6.07, 6.45) is 4.88. The molecule has 0 spiro atoms. The molecule has 37 heavy (non-hydrogen) atoms. The first-order valence-electron chi connectivity index (χ1n) is 14.4. The fourth-order valence-corrected chi connectivity index (χ4v) is 9.81. The van der Waals surface area contributed by atoms with Gasteiger partial charge in [-0.15, -0.1) is 0 Å². The molecule has 0 aromatic heterocycles. The first-order valence-corrected chi connectivity index (χ1v) is 14.4. The van der Waals surface area contributed by atoms with E-state index >= 15 is 0 Å². The quantitative estimate of drug-likeness (QED) is 0.330. The summed E-state index contributed by atoms with van der Waals surface area (Å²) in [5.41, 5.74) is 0.243. The van der Waals surface area contributed by atoms with Crippen molar-refractivity contribution in [3.8, 4) is 0 Å². The van der Waals surface area contributed by atoms with E-state index in [0.29, 0.717) is 18.4 Å². The van der Waals surface area contributed by atoms with Gasteiger partial charge in [0.1, 0.15) is 24.9 Å². The third kappa shape index (κ3) is 3.80. The molecule has 8 nitrogen and oxygen atoms in total. The van der Waals surface area contributed by atoms with Crippen molar-refractivity contribution in [1.29, 1.82) is 0 Å². The summed E-state index contributed by atoms with van der Waals surface area (Å²) in [5.74, 6) is 1.14. The van der Waals surface area contributed by atoms with Gasteiger partial charge in [-0.2, -0.15) is 0 Å². The smallest absolute Gasteiger partial charge is 0.331 e. The van der Waals surface area contributed by atoms with Crippen LogP contribution in [0.15, 0.2) is 11.6 Å². The second kappa shape index (κ2) is 9.00. The molecule has 13 atom stereocenters. The van der Waals surface area contributed by atoms with E-state index < -0.39 is 36.3 Å². The minimum absolute atomic E-state index is 0.0661. The number of hydrogen-bond acceptors (Lipinski definition) is 8. The van der Waals surface area contributed by atoms with Crippen LogP contribution in [0, 0.1) is 34.5 Å². The minimum Gasteiger partial charge on any atom is -0.458 e. The molecule has 0 aromatic carbocycles. The van der Waals surface area contributed by atoms with Crippen LogP contribution >= 0.6 is 0 Å². The molecule has 4 N–H and O–H groups in total. The molecule has 4 saturated carbocycles. The predicted molar refractivity (Wildman–Crippen MR) is 133 cm³/mol. The van der Waals surface area contributed by atoms with Crippen molar-refractivity contribution in [2.75, 3.05) is 6.61 Å². The standard InChI is InChI=1S/C29H44O8/c1-15-23(31)24(32)25(33)26(36-15)37-18-6-9-27(2)17(13-18)4-5-21-20(27)7-10-28(3)19(8-11-29(21,28)34)16-12-22(30)35-14-16/h12,15,17-21,23-26,31-34H,4-11,13-14H2,1-3H3/t15-,17-,18?,19-,20+,21-,23+,24+,25-,26+,27+,28-,29+/m1/s1. The lowest BCUT2D eigenvalue weighted by molar-refractivity contribution is -0.310. The van der Waals surface area contributed by atoms with Crippen LogP contribution in [-0.4, -0.2) is 75.4 Å². The molecule has 5 fully saturated rings. The SMILES string of the molecule is C[C@H]1O[C@@H](OC2CC[C@@]3(C)[C@H](CC[C@@H]4[C@@H]3CC[C@]3(C)[C@@H](C5=CC(=O)OC5)CC[C@]43O)C2)[C@H](O)[C@@H](O)[C@H]1O. The van der Waals surface area contributed by atoms with Crippen molar-refractivity contribution < 1.29 is 39.4 Å². The summed E-state index contributed by atoms with van der Waals surface area (Å²) in [7, 11) is 0. The Bertz CT molecular complexity index is 952. The largest absolute Gasteiger partial charge is 0.458 e. The number of aliphatic hydroxyl groups is 4. The molecule has 2 heterocycles. The van der Waals surface area contributed by atoms with E-state index in [4.69, 9.17) is 14.2 Å². The number of esters is 1. The van der Waals surface area contributed by atoms with E-state index in [1.54, 1.807) is 13.0 Å². The average molecular weight is 521 g/mol. The number of rotatable bonds is 3. The summed E-state index contributed by atoms with van der Waals surface area (Å²) in [6, 6.07) is 0. The Morgan fingerprint density at radius 1 is 0.946 bits per heavy atom. The molecule has 0 bridgehead atoms. The first kappa shape index (κ1) is 26.2. The Kier molecular flexibility index (Phi) is 6.37. The van der Waals surface area contributed by atoms with Crippen molar-refractivity contribution in [3.63, 3.8) is 0 Å². The van der Waals surface area contributed by atoms with Gasteiger partial charge in [-0.25, -0.2) is 4.79 Å². The van der Waals surface area contributed by atoms with Crippen LogP contribution in [0.1, 0.15) is 78.6 Å². The van der Waals surface area contributed by atoms with Crippen molar-refractivity contribution in [3.05, 3.63) is 11.6 Å². The molecule has 8 heteroatoms. The van der Waals surface area contributed by atoms with Gasteiger partial charge in [0.15, 0.2) is 6.29 Å². The van der Waals surface area contributed by atoms with Crippen LogP contribution in [0.2, 0.25) is 0 Å². The van der Waals surface area contributed by atoms with E-state index in [2.05, 4.69) is 13.8 Å². The van der Waals surface area contributed by atoms with Gasteiger partial charge >= 0.3 is 5.97 Å². The minimum atomic E-state index is -1.28. The number of carbonyl (C=O) groups is 1. The van der Waals surface area contributed by atoms with Gasteiger partial charge in [0.25, 0.3) is 0 Å². The summed E-state index contributed by atoms with van der Waals surface area (Å²) < 4.78 is 17.2. The number of aliphatic hydroxyl groups excluding tert-OH is 3. The van der Waals surface area contributed by atoms with Crippen LogP contribution < -0.4 is 0 Å². The molecule has 0 aromatic rings. The topological polar surface area (TPSA) is 126 Å². The second-order valence-electron chi connectivity index (χ2n) is 13.5. The summed E-state index contributed by atoms with van der Waals surface area (Å²) in [4.78, 5) is 11.8. The Morgan fingerprint density at radius 3 is 2.46 bits per heavy atom. The van der Waals surface area contributed by atoms with Crippen molar-refractivity contribution in [1.82, 2.24) is 0 Å². The third-order valence-electron chi connectivity index (χ3n) is 12.1. The fourth-order valence-electron chi connectivity index (χ4n) is 9.81. The third-order valence-corrected chi connectivity index (χ3v) is 12.1. The molecule has 0 amide bonds. The maximum Gasteiger partial charge on any atom is 0.331 e. The Hall–Kier alpha value is -1.03. The number of ether oxygens (including phenoxy) is 3. The van der Waals surface area contributed by atoms with Crippen LogP contribution in [0.4, 0.5) is 0 Å². The molecule has 6 aliphatic rings. The molecule has 2 aliphatic heterocycles. The van der Waals surface area contributed by atoms with Crippen LogP contribution in [0.25, 0.3) is 0 Å². The second-order valence-corrected chi connectivity index (χ2v) is 13.5. The Morgan fingerprint density at radius 2 is 1.73 bits per heavy atom. The fraction of sp³-hybridized carbons (Fsp3) is 0.897. The molecule has 4 aliphatic carbocycles. The lowest BCUT2D eigenvalue weighted by atomic mass is 9.43. The van der Waals surface area contributed by atoms with Crippen molar-refractivity contribution in [2.45, 2.75) is 121 Å². The molecule has 1 unspecified atom stereocenters. The maximum atomic E-state index is 12.4. The van der Waals surface area contributed by atoms with Gasteiger partial charge in [-0.1, -0.05) is 13.8 Å². The zero-order valence-corrected chi connectivity index (χ0v) is 22.3. The molecule has 208 valence electrons. The monoisotopic (exact) mass is 520 g/mol. The summed E-state index contributed by atoms with van der Waals surface area (Å²) in [6.45, 7) is 6.73. The molecule has 0 radical (unpaired) electrons. The van der Waals surface area contributed by atoms with E-state index in [-0.39, 0.29) is 34.7 Å². The van der Waals surface area contributed by atoms with Crippen LogP contribution in [-0.2, 0) is 19.0 Å². The van der Waals surface area contributed by atoms with Crippen LogP contribution in [0.5, 0.6) is 0 Å². The van der Waals surface area contributed by atoms with Gasteiger partial charge in [-0.05, 0) is 99.4 Å². The number of carbonyl (C=O) groups excluding carboxylic acids is 1. The van der Waals surface area contributed by atoms with E-state index in [1.807, 2.05) is 0 Å². The summed E-state index contributed by atoms with van der Waals surface area (Å²) >= 11 is 0. The molecular weight excluding hydrogens is 476 g/mol. The zero-order valence-electron chi connectivity index (χ0n) is 22.3. The van der Waals surface area contributed by atoms with Gasteiger partial charge in [0.05, 0.1) is 17.8 Å². The van der Waals surface area contributed by atoms with E-state index in [0.717, 1.165) is 63.4 Å². The normalized spacial score (nSPS) is 55.6. The van der Waals surface area contributed by atoms with E-state index in [1.165, 1.54) is 0 Å². The number of cyclic esters (lactones) is 1. The zero-order chi connectivity index (χ0) is 26.3. The van der Waals surface area contributed by atoms with Crippen molar-refractivity contribution in [2.24, 2.45) is 34.5 Å². The highest BCUT2D eigenvalue weighted by molar-refractivity contribution is 5.85. The first-order chi connectivity index (χ1) is 17.5. The Balaban J connectivity index is 1.16. The van der Waals surface area contributed by atoms with Crippen molar-refractivity contribution >= 4 is 5.97 Å². The highest BCUT2D eigenvalue weighted by Crippen LogP contribution is 2.70. The Labute approximate surface area is 219 Å². The molecular formula is C29H44O8. The van der Waals surface area contributed by atoms with Gasteiger partial charge in [0.2, 0.25) is 0 Å². The highest BCUT2D eigenvalue weighted by atomic mass is 16.7. The lowest BCUT2D eigenvalue weighted by Gasteiger charge is -2.64. The maximum absolute atomic E-state index is 12.4. The van der Waals surface area contributed by atoms with Gasteiger partial charge in [-0.3, -0.25) is 0 Å². The predicted octanol–water partition coefficient (Wildman–Crippen LogP) is 2.46. The average Bonchev–Trinajstić information content (AvgIpc) is 3.41. The molecule has 6 rings (SSSR count). The number of hydrogen-bond donors (Lipinski definition) is 4. The molecule has 1 saturated heterocycles.